The Morgan fingerprint density at radius 1 is 0.964 bits per heavy atom. The second-order valence-electron chi connectivity index (χ2n) is 6.21. The van der Waals surface area contributed by atoms with E-state index in [-0.39, 0.29) is 5.91 Å². The summed E-state index contributed by atoms with van der Waals surface area (Å²) in [6.07, 6.45) is 3.33. The summed E-state index contributed by atoms with van der Waals surface area (Å²) in [4.78, 5) is 24.2. The van der Waals surface area contributed by atoms with Gasteiger partial charge in [-0.15, -0.1) is 0 Å². The Balaban J connectivity index is 1.52. The van der Waals surface area contributed by atoms with Crippen molar-refractivity contribution in [3.63, 3.8) is 0 Å². The zero-order chi connectivity index (χ0) is 19.8. The minimum absolute atomic E-state index is 0.0250. The highest BCUT2D eigenvalue weighted by Crippen LogP contribution is 2.32. The third-order valence-corrected chi connectivity index (χ3v) is 5.98. The third kappa shape index (κ3) is 6.00. The van der Waals surface area contributed by atoms with Crippen LogP contribution >= 0.6 is 23.5 Å². The summed E-state index contributed by atoms with van der Waals surface area (Å²) >= 11 is 2.95. The molecule has 0 saturated carbocycles. The fourth-order valence-electron chi connectivity index (χ4n) is 2.38. The lowest BCUT2D eigenvalue weighted by Crippen LogP contribution is -2.24. The highest BCUT2D eigenvalue weighted by Gasteiger charge is 2.10. The summed E-state index contributed by atoms with van der Waals surface area (Å²) in [6.45, 7) is 0.513. The van der Waals surface area contributed by atoms with Crippen LogP contribution in [-0.2, 0) is 11.3 Å². The van der Waals surface area contributed by atoms with Crippen molar-refractivity contribution in [3.05, 3.63) is 72.6 Å². The lowest BCUT2D eigenvalue weighted by Gasteiger charge is -2.13. The number of anilines is 1. The number of hydrogen-bond donors (Lipinski definition) is 1. The number of nitrogens with one attached hydrogen (secondary N) is 1. The minimum Gasteiger partial charge on any atom is -0.378 e. The van der Waals surface area contributed by atoms with E-state index in [0.29, 0.717) is 12.3 Å². The molecule has 1 heterocycles. The molecule has 28 heavy (non-hydrogen) atoms. The van der Waals surface area contributed by atoms with Gasteiger partial charge < -0.3 is 10.2 Å². The molecule has 0 saturated heterocycles. The Labute approximate surface area is 174 Å². The molecule has 1 aromatic heterocycles. The molecule has 0 spiro atoms. The van der Waals surface area contributed by atoms with Crippen molar-refractivity contribution in [1.82, 2.24) is 15.3 Å². The van der Waals surface area contributed by atoms with Gasteiger partial charge in [0.25, 0.3) is 0 Å². The topological polar surface area (TPSA) is 58.1 Å². The Morgan fingerprint density at radius 2 is 1.64 bits per heavy atom. The molecule has 5 nitrogen and oxygen atoms in total. The number of carbonyl (C=O) groups is 1. The van der Waals surface area contributed by atoms with Gasteiger partial charge in [-0.25, -0.2) is 9.97 Å². The normalized spacial score (nSPS) is 10.5. The van der Waals surface area contributed by atoms with E-state index in [9.17, 15) is 4.79 Å². The van der Waals surface area contributed by atoms with E-state index in [1.54, 1.807) is 24.2 Å². The average Bonchev–Trinajstić information content (AvgIpc) is 2.72. The Hall–Kier alpha value is -2.51. The molecule has 0 aliphatic rings. The molecule has 0 aliphatic carbocycles. The monoisotopic (exact) mass is 410 g/mol. The number of carbonyl (C=O) groups excluding carboxylic acids is 1. The molecule has 1 N–H and O–H groups in total. The van der Waals surface area contributed by atoms with E-state index in [0.717, 1.165) is 26.2 Å². The standard InChI is InChI=1S/C21H22N4OS2/c1-25(2)17-10-8-16(9-11-17)14-24-19(26)15-27-20-21(23-13-12-22-20)28-18-6-4-3-5-7-18/h3-13H,14-15H2,1-2H3,(H,24,26). The van der Waals surface area contributed by atoms with Crippen LogP contribution in [-0.4, -0.2) is 35.7 Å². The van der Waals surface area contributed by atoms with E-state index in [1.807, 2.05) is 73.6 Å². The second-order valence-corrected chi connectivity index (χ2v) is 8.23. The van der Waals surface area contributed by atoms with E-state index in [1.165, 1.54) is 11.8 Å². The highest BCUT2D eigenvalue weighted by molar-refractivity contribution is 8.02. The molecule has 0 aliphatic heterocycles. The largest absolute Gasteiger partial charge is 0.378 e. The van der Waals surface area contributed by atoms with Crippen LogP contribution in [0, 0.1) is 0 Å². The smallest absolute Gasteiger partial charge is 0.230 e. The molecule has 7 heteroatoms. The van der Waals surface area contributed by atoms with Gasteiger partial charge in [0.1, 0.15) is 10.1 Å². The molecule has 2 aromatic carbocycles. The van der Waals surface area contributed by atoms with Crippen molar-refractivity contribution >= 4 is 35.1 Å². The molecule has 0 radical (unpaired) electrons. The number of amides is 1. The third-order valence-electron chi connectivity index (χ3n) is 3.87. The number of benzene rings is 2. The van der Waals surface area contributed by atoms with E-state index < -0.39 is 0 Å². The van der Waals surface area contributed by atoms with Gasteiger partial charge in [0, 0.05) is 43.6 Å². The fourth-order valence-corrected chi connectivity index (χ4v) is 4.13. The highest BCUT2D eigenvalue weighted by atomic mass is 32.2. The Bertz CT molecular complexity index is 902. The van der Waals surface area contributed by atoms with Gasteiger partial charge in [-0.3, -0.25) is 4.79 Å². The predicted octanol–water partition coefficient (Wildman–Crippen LogP) is 4.10. The van der Waals surface area contributed by atoms with Gasteiger partial charge in [0.2, 0.25) is 5.91 Å². The summed E-state index contributed by atoms with van der Waals surface area (Å²) in [5.74, 6) is 0.277. The average molecular weight is 411 g/mol. The molecular formula is C21H22N4OS2. The SMILES string of the molecule is CN(C)c1ccc(CNC(=O)CSc2nccnc2Sc2ccccc2)cc1. The molecule has 3 aromatic rings. The maximum atomic E-state index is 12.2. The number of aromatic nitrogens is 2. The molecule has 0 bridgehead atoms. The van der Waals surface area contributed by atoms with Gasteiger partial charge in [-0.1, -0.05) is 53.9 Å². The maximum Gasteiger partial charge on any atom is 0.230 e. The molecule has 0 atom stereocenters. The van der Waals surface area contributed by atoms with Crippen LogP contribution in [0.2, 0.25) is 0 Å². The summed E-state index contributed by atoms with van der Waals surface area (Å²) < 4.78 is 0. The Kier molecular flexibility index (Phi) is 7.33. The number of rotatable bonds is 8. The van der Waals surface area contributed by atoms with Gasteiger partial charge in [-0.05, 0) is 29.8 Å². The van der Waals surface area contributed by atoms with Crippen molar-refractivity contribution in [2.24, 2.45) is 0 Å². The summed E-state index contributed by atoms with van der Waals surface area (Å²) in [7, 11) is 4.01. The van der Waals surface area contributed by atoms with Crippen LogP contribution in [0.25, 0.3) is 0 Å². The van der Waals surface area contributed by atoms with E-state index >= 15 is 0 Å². The van der Waals surface area contributed by atoms with Crippen LogP contribution in [0.3, 0.4) is 0 Å². The van der Waals surface area contributed by atoms with Crippen molar-refractivity contribution in [2.45, 2.75) is 21.5 Å². The quantitative estimate of drug-likeness (QED) is 0.564. The van der Waals surface area contributed by atoms with Gasteiger partial charge in [0.15, 0.2) is 0 Å². The van der Waals surface area contributed by atoms with Crippen molar-refractivity contribution < 1.29 is 4.79 Å². The first-order valence-corrected chi connectivity index (χ1v) is 10.6. The van der Waals surface area contributed by atoms with Crippen LogP contribution in [0.1, 0.15) is 5.56 Å². The van der Waals surface area contributed by atoms with Crippen molar-refractivity contribution in [3.8, 4) is 0 Å². The molecule has 1 amide bonds. The number of hydrogen-bond acceptors (Lipinski definition) is 6. The molecule has 0 fully saturated rings. The van der Waals surface area contributed by atoms with E-state index in [4.69, 9.17) is 0 Å². The summed E-state index contributed by atoms with van der Waals surface area (Å²) in [5.41, 5.74) is 2.21. The second kappa shape index (κ2) is 10.1. The van der Waals surface area contributed by atoms with Gasteiger partial charge >= 0.3 is 0 Å². The first-order chi connectivity index (χ1) is 13.6. The fraction of sp³-hybridized carbons (Fsp3) is 0.190. The molecular weight excluding hydrogens is 388 g/mol. The van der Waals surface area contributed by atoms with Crippen LogP contribution < -0.4 is 10.2 Å². The lowest BCUT2D eigenvalue weighted by molar-refractivity contribution is -0.118. The molecule has 0 unspecified atom stereocenters. The predicted molar refractivity (Wildman–Crippen MR) is 116 cm³/mol. The van der Waals surface area contributed by atoms with Gasteiger partial charge in [-0.2, -0.15) is 0 Å². The summed E-state index contributed by atoms with van der Waals surface area (Å²) in [5, 5.41) is 4.54. The number of nitrogens with zero attached hydrogens (tertiary/aromatic N) is 3. The number of thioether (sulfide) groups is 1. The molecule has 144 valence electrons. The van der Waals surface area contributed by atoms with E-state index in [2.05, 4.69) is 15.3 Å². The zero-order valence-electron chi connectivity index (χ0n) is 15.8. The summed E-state index contributed by atoms with van der Waals surface area (Å²) in [6, 6.07) is 18.2. The lowest BCUT2D eigenvalue weighted by atomic mass is 10.2. The molecule has 3 rings (SSSR count). The van der Waals surface area contributed by atoms with Crippen LogP contribution in [0.15, 0.2) is 81.9 Å². The van der Waals surface area contributed by atoms with Crippen LogP contribution in [0.5, 0.6) is 0 Å². The van der Waals surface area contributed by atoms with Crippen LogP contribution in [0.4, 0.5) is 5.69 Å². The maximum absolute atomic E-state index is 12.2. The first-order valence-electron chi connectivity index (χ1n) is 8.81. The van der Waals surface area contributed by atoms with Crippen molar-refractivity contribution in [2.75, 3.05) is 24.7 Å². The zero-order valence-corrected chi connectivity index (χ0v) is 17.5. The Morgan fingerprint density at radius 3 is 2.32 bits per heavy atom. The van der Waals surface area contributed by atoms with Gasteiger partial charge in [0.05, 0.1) is 5.75 Å². The minimum atomic E-state index is -0.0250. The first kappa shape index (κ1) is 20.2. The van der Waals surface area contributed by atoms with Crippen molar-refractivity contribution in [1.29, 1.82) is 0 Å².